The molecule has 0 aliphatic carbocycles. The number of rotatable bonds is 4. The van der Waals surface area contributed by atoms with Gasteiger partial charge >= 0.3 is 0 Å². The van der Waals surface area contributed by atoms with Crippen LogP contribution in [0.1, 0.15) is 41.1 Å². The molecule has 1 unspecified atom stereocenters. The Morgan fingerprint density at radius 2 is 2.47 bits per heavy atom. The number of nitrogens with zero attached hydrogens (tertiary/aromatic N) is 4. The van der Waals surface area contributed by atoms with Gasteiger partial charge in [-0.15, -0.1) is 5.10 Å². The van der Waals surface area contributed by atoms with Gasteiger partial charge in [-0.3, -0.25) is 9.89 Å². The summed E-state index contributed by atoms with van der Waals surface area (Å²) in [5.74, 6) is 0.439. The van der Waals surface area contributed by atoms with Crippen molar-refractivity contribution in [3.8, 4) is 0 Å². The molecule has 0 aliphatic rings. The molecular weight excluding hydrogens is 240 g/mol. The molecule has 7 nitrogen and oxygen atoms in total. The van der Waals surface area contributed by atoms with Gasteiger partial charge in [-0.2, -0.15) is 5.10 Å². The summed E-state index contributed by atoms with van der Waals surface area (Å²) in [6.45, 7) is 3.77. The van der Waals surface area contributed by atoms with E-state index in [1.807, 2.05) is 13.8 Å². The molecular formula is C9H12N6OS. The fourth-order valence-electron chi connectivity index (χ4n) is 1.37. The maximum absolute atomic E-state index is 11.9. The number of carbonyl (C=O) groups is 1. The smallest absolute Gasteiger partial charge is 0.265 e. The van der Waals surface area contributed by atoms with Crippen molar-refractivity contribution < 1.29 is 4.79 Å². The van der Waals surface area contributed by atoms with E-state index in [0.717, 1.165) is 17.2 Å². The second-order valence-corrected chi connectivity index (χ2v) is 4.22. The van der Waals surface area contributed by atoms with Gasteiger partial charge < -0.3 is 5.32 Å². The lowest BCUT2D eigenvalue weighted by Crippen LogP contribution is -2.27. The minimum absolute atomic E-state index is 0.180. The monoisotopic (exact) mass is 252 g/mol. The van der Waals surface area contributed by atoms with Gasteiger partial charge in [0, 0.05) is 0 Å². The molecule has 0 fully saturated rings. The minimum Gasteiger partial charge on any atom is -0.342 e. The predicted molar refractivity (Wildman–Crippen MR) is 61.6 cm³/mol. The van der Waals surface area contributed by atoms with Crippen molar-refractivity contribution in [1.82, 2.24) is 30.1 Å². The summed E-state index contributed by atoms with van der Waals surface area (Å²) in [6, 6.07) is -0.225. The number of aryl methyl sites for hydroxylation is 1. The Balaban J connectivity index is 2.07. The number of nitrogens with one attached hydrogen (secondary N) is 2. The van der Waals surface area contributed by atoms with Crippen LogP contribution in [-0.4, -0.2) is 30.7 Å². The van der Waals surface area contributed by atoms with Gasteiger partial charge in [-0.05, 0) is 24.9 Å². The molecule has 1 atom stereocenters. The SMILES string of the molecule is CCc1nnsc1C(=O)NC(C)c1ncn[nH]1. The molecule has 90 valence electrons. The average Bonchev–Trinajstić information content (AvgIpc) is 2.99. The predicted octanol–water partition coefficient (Wildman–Crippen LogP) is 0.710. The van der Waals surface area contributed by atoms with Crippen LogP contribution < -0.4 is 5.32 Å². The van der Waals surface area contributed by atoms with Crippen LogP contribution in [0, 0.1) is 0 Å². The lowest BCUT2D eigenvalue weighted by molar-refractivity contribution is 0.0941. The molecule has 2 aromatic rings. The zero-order chi connectivity index (χ0) is 12.3. The summed E-state index contributed by atoms with van der Waals surface area (Å²) in [5.41, 5.74) is 0.720. The highest BCUT2D eigenvalue weighted by Gasteiger charge is 2.18. The van der Waals surface area contributed by atoms with Crippen molar-refractivity contribution in [2.45, 2.75) is 26.3 Å². The molecule has 17 heavy (non-hydrogen) atoms. The Labute approximate surface area is 102 Å². The second-order valence-electron chi connectivity index (χ2n) is 3.47. The summed E-state index contributed by atoms with van der Waals surface area (Å²) in [5, 5.41) is 13.2. The molecule has 0 aromatic carbocycles. The van der Waals surface area contributed by atoms with Crippen molar-refractivity contribution >= 4 is 17.4 Å². The van der Waals surface area contributed by atoms with Crippen LogP contribution in [0.2, 0.25) is 0 Å². The van der Waals surface area contributed by atoms with E-state index in [4.69, 9.17) is 0 Å². The second kappa shape index (κ2) is 5.00. The quantitative estimate of drug-likeness (QED) is 0.835. The molecule has 0 aliphatic heterocycles. The van der Waals surface area contributed by atoms with Gasteiger partial charge in [0.05, 0.1) is 11.7 Å². The van der Waals surface area contributed by atoms with Crippen molar-refractivity contribution in [2.75, 3.05) is 0 Å². The van der Waals surface area contributed by atoms with Crippen LogP contribution in [0.25, 0.3) is 0 Å². The fraction of sp³-hybridized carbons (Fsp3) is 0.444. The zero-order valence-electron chi connectivity index (χ0n) is 9.47. The standard InChI is InChI=1S/C9H12N6OS/c1-3-6-7(17-15-13-6)9(16)12-5(2)8-10-4-11-14-8/h4-5H,3H2,1-2H3,(H,12,16)(H,10,11,14). The van der Waals surface area contributed by atoms with E-state index in [1.54, 1.807) is 0 Å². The van der Waals surface area contributed by atoms with Crippen molar-refractivity contribution in [3.05, 3.63) is 22.7 Å². The number of carbonyl (C=O) groups excluding carboxylic acids is 1. The molecule has 0 radical (unpaired) electrons. The molecule has 0 bridgehead atoms. The first-order valence-electron chi connectivity index (χ1n) is 5.19. The third kappa shape index (κ3) is 2.47. The Morgan fingerprint density at radius 1 is 1.65 bits per heavy atom. The molecule has 2 rings (SSSR count). The highest BCUT2D eigenvalue weighted by molar-refractivity contribution is 7.08. The van der Waals surface area contributed by atoms with Crippen LogP contribution in [0.5, 0.6) is 0 Å². The highest BCUT2D eigenvalue weighted by Crippen LogP contribution is 2.13. The summed E-state index contributed by atoms with van der Waals surface area (Å²) in [6.07, 6.45) is 2.10. The summed E-state index contributed by atoms with van der Waals surface area (Å²) in [7, 11) is 0. The number of aromatic amines is 1. The number of hydrogen-bond acceptors (Lipinski definition) is 6. The van der Waals surface area contributed by atoms with E-state index in [-0.39, 0.29) is 11.9 Å². The maximum atomic E-state index is 11.9. The number of hydrogen-bond donors (Lipinski definition) is 2. The van der Waals surface area contributed by atoms with Crippen LogP contribution in [0.15, 0.2) is 6.33 Å². The normalized spacial score (nSPS) is 12.4. The summed E-state index contributed by atoms with van der Waals surface area (Å²) < 4.78 is 3.78. The summed E-state index contributed by atoms with van der Waals surface area (Å²) >= 11 is 1.10. The van der Waals surface area contributed by atoms with E-state index in [9.17, 15) is 4.79 Å². The van der Waals surface area contributed by atoms with E-state index < -0.39 is 0 Å². The first-order valence-corrected chi connectivity index (χ1v) is 5.97. The molecule has 0 saturated heterocycles. The molecule has 0 spiro atoms. The first-order chi connectivity index (χ1) is 8.22. The summed E-state index contributed by atoms with van der Waals surface area (Å²) in [4.78, 5) is 16.5. The van der Waals surface area contributed by atoms with E-state index >= 15 is 0 Å². The average molecular weight is 252 g/mol. The van der Waals surface area contributed by atoms with E-state index in [0.29, 0.717) is 17.1 Å². The Bertz CT molecular complexity index is 493. The number of H-pyrrole nitrogens is 1. The highest BCUT2D eigenvalue weighted by atomic mass is 32.1. The third-order valence-electron chi connectivity index (χ3n) is 2.29. The van der Waals surface area contributed by atoms with Crippen LogP contribution >= 0.6 is 11.5 Å². The van der Waals surface area contributed by atoms with Gasteiger partial charge in [-0.1, -0.05) is 11.4 Å². The maximum Gasteiger partial charge on any atom is 0.265 e. The molecule has 2 N–H and O–H groups in total. The van der Waals surface area contributed by atoms with Crippen molar-refractivity contribution in [2.24, 2.45) is 0 Å². The van der Waals surface area contributed by atoms with Crippen molar-refractivity contribution in [1.29, 1.82) is 0 Å². The minimum atomic E-state index is -0.225. The molecule has 2 aromatic heterocycles. The first kappa shape index (κ1) is 11.6. The number of aromatic nitrogens is 5. The molecule has 8 heteroatoms. The molecule has 0 saturated carbocycles. The van der Waals surface area contributed by atoms with Gasteiger partial charge in [0.15, 0.2) is 0 Å². The Morgan fingerprint density at radius 3 is 3.12 bits per heavy atom. The van der Waals surface area contributed by atoms with Gasteiger partial charge in [0.2, 0.25) is 0 Å². The van der Waals surface area contributed by atoms with Crippen LogP contribution in [0.3, 0.4) is 0 Å². The molecule has 1 amide bonds. The van der Waals surface area contributed by atoms with Gasteiger partial charge in [-0.25, -0.2) is 4.98 Å². The van der Waals surface area contributed by atoms with Crippen LogP contribution in [-0.2, 0) is 6.42 Å². The topological polar surface area (TPSA) is 96.5 Å². The Kier molecular flexibility index (Phi) is 3.43. The van der Waals surface area contributed by atoms with E-state index in [2.05, 4.69) is 30.1 Å². The lowest BCUT2D eigenvalue weighted by atomic mass is 10.2. The van der Waals surface area contributed by atoms with Gasteiger partial charge in [0.25, 0.3) is 5.91 Å². The lowest BCUT2D eigenvalue weighted by Gasteiger charge is -2.09. The zero-order valence-corrected chi connectivity index (χ0v) is 10.3. The fourth-order valence-corrected chi connectivity index (χ4v) is 2.02. The third-order valence-corrected chi connectivity index (χ3v) is 3.06. The Hall–Kier alpha value is -1.83. The largest absolute Gasteiger partial charge is 0.342 e. The van der Waals surface area contributed by atoms with Crippen molar-refractivity contribution in [3.63, 3.8) is 0 Å². The van der Waals surface area contributed by atoms with Gasteiger partial charge in [0.1, 0.15) is 17.0 Å². The molecule has 2 heterocycles. The number of amides is 1. The van der Waals surface area contributed by atoms with Crippen LogP contribution in [0.4, 0.5) is 0 Å². The van der Waals surface area contributed by atoms with E-state index in [1.165, 1.54) is 6.33 Å².